The van der Waals surface area contributed by atoms with Crippen LogP contribution in [0.2, 0.25) is 0 Å². The van der Waals surface area contributed by atoms with Gasteiger partial charge < -0.3 is 14.6 Å². The number of hydrogen-bond acceptors (Lipinski definition) is 3. The largest absolute Gasteiger partial charge is 0.459 e. The average Bonchev–Trinajstić information content (AvgIpc) is 3.02. The van der Waals surface area contributed by atoms with E-state index in [2.05, 4.69) is 38.4 Å². The predicted molar refractivity (Wildman–Crippen MR) is 102 cm³/mol. The van der Waals surface area contributed by atoms with Crippen molar-refractivity contribution in [3.63, 3.8) is 0 Å². The molecule has 2 aromatic heterocycles. The van der Waals surface area contributed by atoms with Gasteiger partial charge in [-0.25, -0.2) is 0 Å². The van der Waals surface area contributed by atoms with Crippen LogP contribution in [0.5, 0.6) is 0 Å². The number of fused-ring (bicyclic) bond motifs is 1. The van der Waals surface area contributed by atoms with Gasteiger partial charge in [0.25, 0.3) is 0 Å². The molecule has 0 saturated heterocycles. The van der Waals surface area contributed by atoms with Gasteiger partial charge in [-0.3, -0.25) is 9.98 Å². The van der Waals surface area contributed by atoms with Gasteiger partial charge in [0.15, 0.2) is 5.96 Å². The summed E-state index contributed by atoms with van der Waals surface area (Å²) >= 11 is 0. The normalized spacial score (nSPS) is 11.7. The van der Waals surface area contributed by atoms with Gasteiger partial charge in [-0.05, 0) is 37.1 Å². The van der Waals surface area contributed by atoms with Crippen LogP contribution in [-0.4, -0.2) is 36.5 Å². The summed E-state index contributed by atoms with van der Waals surface area (Å²) < 4.78 is 5.89. The monoisotopic (exact) mass is 336 g/mol. The van der Waals surface area contributed by atoms with E-state index in [0.717, 1.165) is 41.3 Å². The molecular formula is C20H24N4O. The Hall–Kier alpha value is -2.82. The Morgan fingerprint density at radius 2 is 2.08 bits per heavy atom. The van der Waals surface area contributed by atoms with Crippen LogP contribution in [0.1, 0.15) is 17.0 Å². The van der Waals surface area contributed by atoms with E-state index in [1.807, 2.05) is 44.4 Å². The zero-order valence-corrected chi connectivity index (χ0v) is 15.0. The lowest BCUT2D eigenvalue weighted by Gasteiger charge is -2.21. The van der Waals surface area contributed by atoms with Gasteiger partial charge in [0, 0.05) is 37.9 Å². The summed E-state index contributed by atoms with van der Waals surface area (Å²) in [6.45, 7) is 3.47. The molecule has 0 atom stereocenters. The standard InChI is InChI=1S/C20H24N4O/c1-15-8-9-16(13-23-15)10-11-22-20(21-2)24(3)14-18-12-17-6-4-5-7-19(17)25-18/h4-9,12-13H,10-11,14H2,1-3H3,(H,21,22). The second-order valence-corrected chi connectivity index (χ2v) is 6.14. The quantitative estimate of drug-likeness (QED) is 0.573. The number of aryl methyl sites for hydroxylation is 1. The molecule has 0 bridgehead atoms. The molecule has 1 N–H and O–H groups in total. The number of pyridine rings is 1. The Balaban J connectivity index is 1.55. The maximum atomic E-state index is 5.89. The van der Waals surface area contributed by atoms with Crippen molar-refractivity contribution < 1.29 is 4.42 Å². The summed E-state index contributed by atoms with van der Waals surface area (Å²) in [4.78, 5) is 10.7. The molecule has 5 heteroatoms. The van der Waals surface area contributed by atoms with Crippen molar-refractivity contribution in [2.45, 2.75) is 19.9 Å². The third kappa shape index (κ3) is 4.38. The number of benzene rings is 1. The summed E-state index contributed by atoms with van der Waals surface area (Å²) in [5, 5.41) is 4.52. The van der Waals surface area contributed by atoms with Crippen LogP contribution >= 0.6 is 0 Å². The number of rotatable bonds is 5. The highest BCUT2D eigenvalue weighted by Gasteiger charge is 2.10. The first-order chi connectivity index (χ1) is 12.2. The van der Waals surface area contributed by atoms with Gasteiger partial charge in [-0.1, -0.05) is 24.3 Å². The highest BCUT2D eigenvalue weighted by Crippen LogP contribution is 2.19. The number of guanidine groups is 1. The van der Waals surface area contributed by atoms with E-state index in [-0.39, 0.29) is 0 Å². The fourth-order valence-corrected chi connectivity index (χ4v) is 2.77. The number of nitrogens with one attached hydrogen (secondary N) is 1. The van der Waals surface area contributed by atoms with Gasteiger partial charge >= 0.3 is 0 Å². The van der Waals surface area contributed by atoms with Crippen molar-refractivity contribution in [2.24, 2.45) is 4.99 Å². The third-order valence-corrected chi connectivity index (χ3v) is 4.11. The number of para-hydroxylation sites is 1. The van der Waals surface area contributed by atoms with Crippen LogP contribution in [0, 0.1) is 6.92 Å². The highest BCUT2D eigenvalue weighted by molar-refractivity contribution is 5.80. The van der Waals surface area contributed by atoms with Gasteiger partial charge in [0.2, 0.25) is 0 Å². The first-order valence-electron chi connectivity index (χ1n) is 8.46. The van der Waals surface area contributed by atoms with Crippen LogP contribution in [0.3, 0.4) is 0 Å². The number of hydrogen-bond donors (Lipinski definition) is 1. The fourth-order valence-electron chi connectivity index (χ4n) is 2.77. The molecule has 0 saturated carbocycles. The van der Waals surface area contributed by atoms with Gasteiger partial charge in [0.1, 0.15) is 11.3 Å². The molecule has 0 radical (unpaired) electrons. The molecule has 2 heterocycles. The van der Waals surface area contributed by atoms with E-state index in [9.17, 15) is 0 Å². The summed E-state index contributed by atoms with van der Waals surface area (Å²) in [6, 6.07) is 14.3. The van der Waals surface area contributed by atoms with Crippen molar-refractivity contribution in [2.75, 3.05) is 20.6 Å². The molecule has 3 rings (SSSR count). The van der Waals surface area contributed by atoms with Gasteiger partial charge in [-0.15, -0.1) is 0 Å². The topological polar surface area (TPSA) is 53.7 Å². The molecule has 5 nitrogen and oxygen atoms in total. The molecular weight excluding hydrogens is 312 g/mol. The Labute approximate surface area is 148 Å². The van der Waals surface area contributed by atoms with Gasteiger partial charge in [-0.2, -0.15) is 0 Å². The second kappa shape index (κ2) is 7.83. The van der Waals surface area contributed by atoms with Crippen LogP contribution in [-0.2, 0) is 13.0 Å². The van der Waals surface area contributed by atoms with Crippen molar-refractivity contribution in [1.82, 2.24) is 15.2 Å². The zero-order valence-electron chi connectivity index (χ0n) is 15.0. The third-order valence-electron chi connectivity index (χ3n) is 4.11. The van der Waals surface area contributed by atoms with Gasteiger partial charge in [0.05, 0.1) is 6.54 Å². The molecule has 0 amide bonds. The SMILES string of the molecule is CN=C(NCCc1ccc(C)nc1)N(C)Cc1cc2ccccc2o1. The highest BCUT2D eigenvalue weighted by atomic mass is 16.3. The van der Waals surface area contributed by atoms with Crippen molar-refractivity contribution in [3.05, 3.63) is 65.7 Å². The Morgan fingerprint density at radius 1 is 1.24 bits per heavy atom. The minimum atomic E-state index is 0.667. The minimum Gasteiger partial charge on any atom is -0.459 e. The van der Waals surface area contributed by atoms with E-state index in [0.29, 0.717) is 6.54 Å². The molecule has 0 unspecified atom stereocenters. The molecule has 0 spiro atoms. The maximum absolute atomic E-state index is 5.89. The Kier molecular flexibility index (Phi) is 5.33. The van der Waals surface area contributed by atoms with E-state index in [1.165, 1.54) is 5.56 Å². The van der Waals surface area contributed by atoms with Crippen LogP contribution in [0.25, 0.3) is 11.0 Å². The van der Waals surface area contributed by atoms with Crippen molar-refractivity contribution in [3.8, 4) is 0 Å². The van der Waals surface area contributed by atoms with Crippen LogP contribution in [0.4, 0.5) is 0 Å². The Morgan fingerprint density at radius 3 is 2.80 bits per heavy atom. The van der Waals surface area contributed by atoms with E-state index in [1.54, 1.807) is 7.05 Å². The average molecular weight is 336 g/mol. The summed E-state index contributed by atoms with van der Waals surface area (Å²) in [6.07, 6.45) is 2.84. The molecule has 0 aliphatic carbocycles. The smallest absolute Gasteiger partial charge is 0.193 e. The van der Waals surface area contributed by atoms with E-state index >= 15 is 0 Å². The molecule has 3 aromatic rings. The molecule has 25 heavy (non-hydrogen) atoms. The molecule has 0 aliphatic heterocycles. The van der Waals surface area contributed by atoms with Crippen LogP contribution < -0.4 is 5.32 Å². The lowest BCUT2D eigenvalue weighted by Crippen LogP contribution is -2.39. The molecule has 130 valence electrons. The lowest BCUT2D eigenvalue weighted by molar-refractivity contribution is 0.413. The van der Waals surface area contributed by atoms with E-state index < -0.39 is 0 Å². The molecule has 0 aliphatic rings. The number of nitrogens with zero attached hydrogens (tertiary/aromatic N) is 3. The summed E-state index contributed by atoms with van der Waals surface area (Å²) in [5.74, 6) is 1.77. The first-order valence-corrected chi connectivity index (χ1v) is 8.46. The predicted octanol–water partition coefficient (Wildman–Crippen LogP) is 3.39. The zero-order chi connectivity index (χ0) is 17.6. The first kappa shape index (κ1) is 17.0. The number of furan rings is 1. The van der Waals surface area contributed by atoms with E-state index in [4.69, 9.17) is 4.42 Å². The molecule has 1 aromatic carbocycles. The van der Waals surface area contributed by atoms with Crippen LogP contribution in [0.15, 0.2) is 58.1 Å². The minimum absolute atomic E-state index is 0.667. The summed E-state index contributed by atoms with van der Waals surface area (Å²) in [7, 11) is 3.81. The fraction of sp³-hybridized carbons (Fsp3) is 0.300. The lowest BCUT2D eigenvalue weighted by atomic mass is 10.2. The van der Waals surface area contributed by atoms with Crippen molar-refractivity contribution in [1.29, 1.82) is 0 Å². The number of aromatic nitrogens is 1. The Bertz CT molecular complexity index is 819. The summed E-state index contributed by atoms with van der Waals surface area (Å²) in [5.41, 5.74) is 3.17. The second-order valence-electron chi connectivity index (χ2n) is 6.14. The number of aliphatic imine (C=N–C) groups is 1. The van der Waals surface area contributed by atoms with Crippen molar-refractivity contribution >= 4 is 16.9 Å². The maximum Gasteiger partial charge on any atom is 0.193 e. The molecule has 0 fully saturated rings.